The molecule has 0 bridgehead atoms. The Balaban J connectivity index is 2.43. The standard InChI is InChI=1S/C15H17F3N4OS/c1-5-22(4)8-19-12-7-11(15(16,17)18)13(6-9(12)2)23-14-20-10(3)21-24-14/h6-8H,5H2,1-4H3/b19-8+. The molecule has 0 fully saturated rings. The lowest BCUT2D eigenvalue weighted by atomic mass is 10.1. The minimum Gasteiger partial charge on any atom is -0.429 e. The predicted octanol–water partition coefficient (Wildman–Crippen LogP) is 4.58. The molecule has 0 spiro atoms. The Hall–Kier alpha value is -2.16. The number of ether oxygens (including phenoxy) is 1. The van der Waals surface area contributed by atoms with Crippen LogP contribution < -0.4 is 4.74 Å². The average molecular weight is 358 g/mol. The van der Waals surface area contributed by atoms with Crippen LogP contribution in [-0.4, -0.2) is 34.2 Å². The highest BCUT2D eigenvalue weighted by Gasteiger charge is 2.35. The van der Waals surface area contributed by atoms with Crippen molar-refractivity contribution in [2.45, 2.75) is 26.9 Å². The number of hydrogen-bond acceptors (Lipinski definition) is 5. The number of hydrogen-bond donors (Lipinski definition) is 0. The van der Waals surface area contributed by atoms with Gasteiger partial charge in [0.05, 0.1) is 12.0 Å². The molecule has 0 saturated heterocycles. The SMILES string of the molecule is CCN(C)/C=N/c1cc(C(F)(F)F)c(Oc2nc(C)ns2)cc1C. The Morgan fingerprint density at radius 2 is 2.04 bits per heavy atom. The van der Waals surface area contributed by atoms with E-state index in [4.69, 9.17) is 4.74 Å². The van der Waals surface area contributed by atoms with Crippen LogP contribution in [0.1, 0.15) is 23.9 Å². The first-order valence-corrected chi connectivity index (χ1v) is 7.92. The Morgan fingerprint density at radius 3 is 2.58 bits per heavy atom. The summed E-state index contributed by atoms with van der Waals surface area (Å²) in [4.78, 5) is 9.82. The molecular formula is C15H17F3N4OS. The minimum absolute atomic E-state index is 0.0689. The molecule has 0 N–H and O–H groups in total. The van der Waals surface area contributed by atoms with E-state index in [1.807, 2.05) is 6.92 Å². The van der Waals surface area contributed by atoms with E-state index in [0.717, 1.165) is 17.6 Å². The van der Waals surface area contributed by atoms with Crippen LogP contribution in [0.3, 0.4) is 0 Å². The smallest absolute Gasteiger partial charge is 0.420 e. The zero-order chi connectivity index (χ0) is 17.9. The van der Waals surface area contributed by atoms with Crippen LogP contribution >= 0.6 is 11.5 Å². The summed E-state index contributed by atoms with van der Waals surface area (Å²) >= 11 is 0.904. The third-order valence-electron chi connectivity index (χ3n) is 3.20. The summed E-state index contributed by atoms with van der Waals surface area (Å²) in [6.07, 6.45) is -3.07. The highest BCUT2D eigenvalue weighted by atomic mass is 32.1. The number of rotatable bonds is 5. The Bertz CT molecular complexity index is 743. The first kappa shape index (κ1) is 18.2. The highest BCUT2D eigenvalue weighted by Crippen LogP contribution is 2.41. The molecule has 5 nitrogen and oxygen atoms in total. The van der Waals surface area contributed by atoms with Gasteiger partial charge in [0.15, 0.2) is 0 Å². The molecule has 130 valence electrons. The van der Waals surface area contributed by atoms with Crippen LogP contribution in [0.15, 0.2) is 17.1 Å². The number of alkyl halides is 3. The number of aliphatic imine (C=N–C) groups is 1. The molecule has 2 rings (SSSR count). The van der Waals surface area contributed by atoms with E-state index in [-0.39, 0.29) is 16.6 Å². The topological polar surface area (TPSA) is 50.6 Å². The lowest BCUT2D eigenvalue weighted by molar-refractivity contribution is -0.138. The van der Waals surface area contributed by atoms with Crippen LogP contribution in [0, 0.1) is 13.8 Å². The van der Waals surface area contributed by atoms with Crippen LogP contribution in [0.5, 0.6) is 10.9 Å². The number of aryl methyl sites for hydroxylation is 2. The minimum atomic E-state index is -4.57. The van der Waals surface area contributed by atoms with Crippen molar-refractivity contribution in [3.8, 4) is 10.9 Å². The monoisotopic (exact) mass is 358 g/mol. The van der Waals surface area contributed by atoms with E-state index in [1.54, 1.807) is 25.8 Å². The molecule has 0 aliphatic rings. The molecule has 0 aliphatic carbocycles. The molecular weight excluding hydrogens is 341 g/mol. The van der Waals surface area contributed by atoms with Gasteiger partial charge in [-0.1, -0.05) is 0 Å². The van der Waals surface area contributed by atoms with Gasteiger partial charge in [-0.15, -0.1) is 0 Å². The molecule has 9 heteroatoms. The number of aromatic nitrogens is 2. The lowest BCUT2D eigenvalue weighted by Gasteiger charge is -2.15. The molecule has 0 amide bonds. The third-order valence-corrected chi connectivity index (χ3v) is 3.89. The van der Waals surface area contributed by atoms with Crippen LogP contribution in [0.2, 0.25) is 0 Å². The maximum Gasteiger partial charge on any atom is 0.420 e. The fourth-order valence-electron chi connectivity index (χ4n) is 1.77. The molecule has 1 aromatic heterocycles. The number of nitrogens with zero attached hydrogens (tertiary/aromatic N) is 4. The average Bonchev–Trinajstić information content (AvgIpc) is 2.89. The Labute approximate surface area is 142 Å². The van der Waals surface area contributed by atoms with E-state index in [2.05, 4.69) is 14.3 Å². The van der Waals surface area contributed by atoms with Gasteiger partial charge in [-0.3, -0.25) is 0 Å². The highest BCUT2D eigenvalue weighted by molar-refractivity contribution is 7.07. The van der Waals surface area contributed by atoms with Crippen molar-refractivity contribution in [2.24, 2.45) is 4.99 Å². The second-order valence-electron chi connectivity index (χ2n) is 5.16. The van der Waals surface area contributed by atoms with Crippen LogP contribution in [-0.2, 0) is 6.18 Å². The van der Waals surface area contributed by atoms with Crippen LogP contribution in [0.25, 0.3) is 0 Å². The molecule has 1 heterocycles. The first-order valence-electron chi connectivity index (χ1n) is 7.15. The number of halogens is 3. The Morgan fingerprint density at radius 1 is 1.33 bits per heavy atom. The van der Waals surface area contributed by atoms with Gasteiger partial charge in [0.25, 0.3) is 5.19 Å². The van der Waals surface area contributed by atoms with Gasteiger partial charge in [0, 0.05) is 25.1 Å². The predicted molar refractivity (Wildman–Crippen MR) is 87.4 cm³/mol. The largest absolute Gasteiger partial charge is 0.429 e. The Kier molecular flexibility index (Phi) is 5.43. The fraction of sp³-hybridized carbons (Fsp3) is 0.400. The summed E-state index contributed by atoms with van der Waals surface area (Å²) in [5.74, 6) is 0.142. The fourth-order valence-corrected chi connectivity index (χ4v) is 2.32. The summed E-state index contributed by atoms with van der Waals surface area (Å²) in [5.41, 5.74) is -0.0873. The van der Waals surface area contributed by atoms with Crippen LogP contribution in [0.4, 0.5) is 18.9 Å². The maximum atomic E-state index is 13.4. The number of benzene rings is 1. The zero-order valence-electron chi connectivity index (χ0n) is 13.7. The molecule has 24 heavy (non-hydrogen) atoms. The molecule has 0 radical (unpaired) electrons. The molecule has 0 aliphatic heterocycles. The molecule has 0 unspecified atom stereocenters. The van der Waals surface area contributed by atoms with Crippen molar-refractivity contribution in [3.63, 3.8) is 0 Å². The normalized spacial score (nSPS) is 12.0. The van der Waals surface area contributed by atoms with Gasteiger partial charge in [-0.05, 0) is 38.5 Å². The first-order chi connectivity index (χ1) is 11.2. The van der Waals surface area contributed by atoms with Crippen molar-refractivity contribution in [1.29, 1.82) is 0 Å². The van der Waals surface area contributed by atoms with E-state index in [1.165, 1.54) is 12.4 Å². The van der Waals surface area contributed by atoms with Gasteiger partial charge in [-0.2, -0.15) is 22.5 Å². The molecule has 0 saturated carbocycles. The van der Waals surface area contributed by atoms with Gasteiger partial charge >= 0.3 is 6.18 Å². The summed E-state index contributed by atoms with van der Waals surface area (Å²) in [7, 11) is 1.79. The van der Waals surface area contributed by atoms with E-state index < -0.39 is 11.7 Å². The van der Waals surface area contributed by atoms with Crippen molar-refractivity contribution in [3.05, 3.63) is 29.1 Å². The second-order valence-corrected chi connectivity index (χ2v) is 5.87. The summed E-state index contributed by atoms with van der Waals surface area (Å²) in [5, 5.41) is 0.0689. The summed E-state index contributed by atoms with van der Waals surface area (Å²) in [6, 6.07) is 2.30. The van der Waals surface area contributed by atoms with Crippen molar-refractivity contribution in [1.82, 2.24) is 14.3 Å². The van der Waals surface area contributed by atoms with Gasteiger partial charge < -0.3 is 9.64 Å². The third kappa shape index (κ3) is 4.44. The van der Waals surface area contributed by atoms with E-state index in [0.29, 0.717) is 17.9 Å². The van der Waals surface area contributed by atoms with E-state index in [9.17, 15) is 13.2 Å². The van der Waals surface area contributed by atoms with Gasteiger partial charge in [0.2, 0.25) is 0 Å². The molecule has 2 aromatic rings. The molecule has 0 atom stereocenters. The van der Waals surface area contributed by atoms with Crippen molar-refractivity contribution >= 4 is 23.6 Å². The summed E-state index contributed by atoms with van der Waals surface area (Å²) in [6.45, 7) is 5.94. The van der Waals surface area contributed by atoms with Crippen molar-refractivity contribution in [2.75, 3.05) is 13.6 Å². The quantitative estimate of drug-likeness (QED) is 0.580. The summed E-state index contributed by atoms with van der Waals surface area (Å²) < 4.78 is 49.3. The molecule has 1 aromatic carbocycles. The zero-order valence-corrected chi connectivity index (χ0v) is 14.5. The van der Waals surface area contributed by atoms with Gasteiger partial charge in [-0.25, -0.2) is 4.99 Å². The maximum absolute atomic E-state index is 13.4. The second kappa shape index (κ2) is 7.16. The lowest BCUT2D eigenvalue weighted by Crippen LogP contribution is -2.14. The van der Waals surface area contributed by atoms with Gasteiger partial charge in [0.1, 0.15) is 17.1 Å². The van der Waals surface area contributed by atoms with Crippen molar-refractivity contribution < 1.29 is 17.9 Å². The van der Waals surface area contributed by atoms with E-state index >= 15 is 0 Å².